The van der Waals surface area contributed by atoms with Gasteiger partial charge in [0.05, 0.1) is 11.3 Å². The molecule has 162 valence electrons. The van der Waals surface area contributed by atoms with Gasteiger partial charge in [0.1, 0.15) is 11.5 Å². The van der Waals surface area contributed by atoms with Crippen molar-refractivity contribution in [3.63, 3.8) is 0 Å². The molecule has 1 saturated heterocycles. The van der Waals surface area contributed by atoms with Crippen LogP contribution < -0.4 is 5.56 Å². The van der Waals surface area contributed by atoms with Crippen molar-refractivity contribution in [2.75, 3.05) is 26.2 Å². The van der Waals surface area contributed by atoms with Crippen LogP contribution in [0.4, 0.5) is 4.39 Å². The van der Waals surface area contributed by atoms with Crippen LogP contribution in [0, 0.1) is 19.7 Å². The van der Waals surface area contributed by atoms with Crippen LogP contribution in [-0.2, 0) is 6.42 Å². The number of carbonyl (C=O) groups is 1. The van der Waals surface area contributed by atoms with E-state index in [0.29, 0.717) is 43.9 Å². The lowest BCUT2D eigenvalue weighted by atomic mass is 10.0. The van der Waals surface area contributed by atoms with Crippen LogP contribution in [0.15, 0.2) is 40.1 Å². The van der Waals surface area contributed by atoms with Crippen molar-refractivity contribution in [1.82, 2.24) is 20.0 Å². The second-order valence-electron chi connectivity index (χ2n) is 8.25. The van der Waals surface area contributed by atoms with E-state index in [-0.39, 0.29) is 22.7 Å². The van der Waals surface area contributed by atoms with Gasteiger partial charge in [0.25, 0.3) is 11.5 Å². The highest BCUT2D eigenvalue weighted by atomic mass is 19.1. The predicted octanol–water partition coefficient (Wildman–Crippen LogP) is 2.23. The highest BCUT2D eigenvalue weighted by Crippen LogP contribution is 2.24. The summed E-state index contributed by atoms with van der Waals surface area (Å²) in [6, 6.07) is 4.57. The van der Waals surface area contributed by atoms with Gasteiger partial charge in [-0.2, -0.15) is 5.10 Å². The molecular weight excluding hydrogens is 397 g/mol. The summed E-state index contributed by atoms with van der Waals surface area (Å²) < 4.78 is 14.5. The van der Waals surface area contributed by atoms with Crippen LogP contribution >= 0.6 is 0 Å². The third-order valence-electron chi connectivity index (χ3n) is 6.30. The fourth-order valence-corrected chi connectivity index (χ4v) is 4.07. The van der Waals surface area contributed by atoms with Crippen molar-refractivity contribution in [2.24, 2.45) is 4.99 Å². The molecule has 0 bridgehead atoms. The minimum Gasteiger partial charge on any atom is -0.336 e. The van der Waals surface area contributed by atoms with E-state index < -0.39 is 5.82 Å². The van der Waals surface area contributed by atoms with E-state index in [9.17, 15) is 14.0 Å². The first-order chi connectivity index (χ1) is 14.8. The molecule has 1 fully saturated rings. The van der Waals surface area contributed by atoms with Crippen LogP contribution in [0.1, 0.15) is 39.7 Å². The first-order valence-corrected chi connectivity index (χ1v) is 10.4. The predicted molar refractivity (Wildman–Crippen MR) is 117 cm³/mol. The number of carbonyl (C=O) groups excluding carboxylic acids is 1. The van der Waals surface area contributed by atoms with E-state index in [1.807, 2.05) is 26.0 Å². The lowest BCUT2D eigenvalue weighted by molar-refractivity contribution is 0.0493. The zero-order chi connectivity index (χ0) is 22.2. The molecule has 8 heteroatoms. The topological polar surface area (TPSA) is 81.7 Å². The Morgan fingerprint density at radius 1 is 1.19 bits per heavy atom. The largest absolute Gasteiger partial charge is 0.336 e. The number of rotatable bonds is 4. The number of H-pyrrole nitrogens is 1. The molecule has 1 atom stereocenters. The average Bonchev–Trinajstić information content (AvgIpc) is 3.23. The summed E-state index contributed by atoms with van der Waals surface area (Å²) in [5.41, 5.74) is 2.36. The minimum atomic E-state index is -0.534. The van der Waals surface area contributed by atoms with Crippen molar-refractivity contribution in [3.8, 4) is 0 Å². The second-order valence-corrected chi connectivity index (χ2v) is 8.25. The van der Waals surface area contributed by atoms with Crippen molar-refractivity contribution >= 4 is 12.1 Å². The number of allylic oxidation sites excluding steroid dienone is 1. The molecule has 31 heavy (non-hydrogen) atoms. The van der Waals surface area contributed by atoms with Gasteiger partial charge < -0.3 is 4.90 Å². The summed E-state index contributed by atoms with van der Waals surface area (Å²) in [5, 5.41) is 6.61. The first kappa shape index (κ1) is 21.1. The van der Waals surface area contributed by atoms with E-state index in [1.54, 1.807) is 30.2 Å². The Morgan fingerprint density at radius 3 is 2.61 bits per heavy atom. The molecule has 1 unspecified atom stereocenters. The number of halogens is 1. The Hall–Kier alpha value is -3.13. The van der Waals surface area contributed by atoms with Gasteiger partial charge in [0, 0.05) is 44.4 Å². The molecule has 0 spiro atoms. The first-order valence-electron chi connectivity index (χ1n) is 10.4. The SMILES string of the molecule is Cc1c(Cc2ccc(F)c(C(=O)N3CCN(C4(C)C=CC=N4)CC3)c2)n[nH]c(=O)c1C. The van der Waals surface area contributed by atoms with Crippen molar-refractivity contribution < 1.29 is 9.18 Å². The number of hydrogen-bond acceptors (Lipinski definition) is 5. The number of amides is 1. The third kappa shape index (κ3) is 4.07. The summed E-state index contributed by atoms with van der Waals surface area (Å²) >= 11 is 0. The van der Waals surface area contributed by atoms with Gasteiger partial charge in [0.2, 0.25) is 0 Å². The lowest BCUT2D eigenvalue weighted by Crippen LogP contribution is -2.55. The summed E-state index contributed by atoms with van der Waals surface area (Å²) in [4.78, 5) is 33.2. The van der Waals surface area contributed by atoms with Crippen molar-refractivity contribution in [3.05, 3.63) is 74.5 Å². The maximum Gasteiger partial charge on any atom is 0.267 e. The Labute approximate surface area is 180 Å². The number of nitrogens with one attached hydrogen (secondary N) is 1. The molecule has 0 radical (unpaired) electrons. The van der Waals surface area contributed by atoms with Crippen LogP contribution in [0.2, 0.25) is 0 Å². The smallest absolute Gasteiger partial charge is 0.267 e. The molecule has 4 rings (SSSR count). The summed E-state index contributed by atoms with van der Waals surface area (Å²) in [7, 11) is 0. The molecule has 2 aromatic rings. The highest BCUT2D eigenvalue weighted by molar-refractivity contribution is 5.94. The standard InChI is InChI=1S/C23H26FN5O2/c1-15-16(2)21(30)27-26-20(15)14-17-5-6-19(24)18(13-17)22(31)28-9-11-29(12-10-28)23(3)7-4-8-25-23/h4-8,13H,9-12,14H2,1-3H3,(H,27,30). The van der Waals surface area contributed by atoms with Crippen LogP contribution in [0.25, 0.3) is 0 Å². The van der Waals surface area contributed by atoms with Crippen molar-refractivity contribution in [2.45, 2.75) is 32.9 Å². The maximum absolute atomic E-state index is 14.5. The summed E-state index contributed by atoms with van der Waals surface area (Å²) in [5.74, 6) is -0.842. The van der Waals surface area contributed by atoms with Gasteiger partial charge in [-0.1, -0.05) is 6.07 Å². The Morgan fingerprint density at radius 2 is 1.94 bits per heavy atom. The van der Waals surface area contributed by atoms with Crippen molar-refractivity contribution in [1.29, 1.82) is 0 Å². The highest BCUT2D eigenvalue weighted by Gasteiger charge is 2.34. The second kappa shape index (κ2) is 8.19. The van der Waals surface area contributed by atoms with Gasteiger partial charge in [-0.15, -0.1) is 0 Å². The number of aliphatic imine (C=N–C) groups is 1. The maximum atomic E-state index is 14.5. The lowest BCUT2D eigenvalue weighted by Gasteiger charge is -2.41. The Bertz CT molecular complexity index is 1120. The fourth-order valence-electron chi connectivity index (χ4n) is 4.07. The molecule has 1 aromatic heterocycles. The number of benzene rings is 1. The Balaban J connectivity index is 1.49. The van der Waals surface area contributed by atoms with E-state index in [0.717, 1.165) is 11.1 Å². The number of aromatic amines is 1. The quantitative estimate of drug-likeness (QED) is 0.818. The van der Waals surface area contributed by atoms with E-state index in [2.05, 4.69) is 20.1 Å². The molecule has 1 amide bonds. The van der Waals surface area contributed by atoms with E-state index in [4.69, 9.17) is 0 Å². The molecule has 2 aliphatic rings. The molecule has 1 N–H and O–H groups in total. The molecule has 2 aliphatic heterocycles. The Kier molecular flexibility index (Phi) is 5.58. The van der Waals surface area contributed by atoms with Gasteiger partial charge >= 0.3 is 0 Å². The van der Waals surface area contributed by atoms with Crippen LogP contribution in [0.3, 0.4) is 0 Å². The normalized spacial score (nSPS) is 21.1. The van der Waals surface area contributed by atoms with Crippen LogP contribution in [0.5, 0.6) is 0 Å². The molecule has 0 aliphatic carbocycles. The van der Waals surface area contributed by atoms with Gasteiger partial charge in [-0.25, -0.2) is 9.49 Å². The number of nitrogens with zero attached hydrogens (tertiary/aromatic N) is 4. The number of hydrogen-bond donors (Lipinski definition) is 1. The minimum absolute atomic E-state index is 0.0646. The summed E-state index contributed by atoms with van der Waals surface area (Å²) in [6.45, 7) is 8.00. The number of piperazine rings is 1. The van der Waals surface area contributed by atoms with Crippen LogP contribution in [-0.4, -0.2) is 64.0 Å². The molecule has 7 nitrogen and oxygen atoms in total. The summed E-state index contributed by atoms with van der Waals surface area (Å²) in [6.07, 6.45) is 6.17. The zero-order valence-electron chi connectivity index (χ0n) is 18.0. The van der Waals surface area contributed by atoms with E-state index in [1.165, 1.54) is 6.07 Å². The van der Waals surface area contributed by atoms with Gasteiger partial charge in [-0.05, 0) is 56.2 Å². The molecule has 3 heterocycles. The monoisotopic (exact) mass is 423 g/mol. The van der Waals surface area contributed by atoms with E-state index >= 15 is 0 Å². The van der Waals surface area contributed by atoms with Gasteiger partial charge in [0.15, 0.2) is 0 Å². The fraction of sp³-hybridized carbons (Fsp3) is 0.391. The molecular formula is C23H26FN5O2. The third-order valence-corrected chi connectivity index (χ3v) is 6.30. The zero-order valence-corrected chi connectivity index (χ0v) is 18.0. The molecule has 0 saturated carbocycles. The number of aromatic nitrogens is 2. The molecule has 1 aromatic carbocycles. The average molecular weight is 423 g/mol. The van der Waals surface area contributed by atoms with Gasteiger partial charge in [-0.3, -0.25) is 19.5 Å².